The number of benzene rings is 3. The second-order valence-corrected chi connectivity index (χ2v) is 9.78. The first-order valence-corrected chi connectivity index (χ1v) is 12.0. The summed E-state index contributed by atoms with van der Waals surface area (Å²) in [5.41, 5.74) is 1.11. The Bertz CT molecular complexity index is 1390. The van der Waals surface area contributed by atoms with Gasteiger partial charge >= 0.3 is 11.9 Å². The molecule has 0 saturated carbocycles. The number of anilines is 1. The van der Waals surface area contributed by atoms with E-state index in [0.717, 1.165) is 28.6 Å². The SMILES string of the molecule is Cc1c(Cl)cccc1N(CC(=O)NCc1cccc(C(=O)O)c1)S(=O)(=O)c1ccc(C(=O)O)cc1. The maximum absolute atomic E-state index is 13.5. The van der Waals surface area contributed by atoms with Gasteiger partial charge in [0, 0.05) is 11.6 Å². The molecule has 3 aromatic rings. The van der Waals surface area contributed by atoms with E-state index in [9.17, 15) is 22.8 Å². The molecule has 0 aliphatic rings. The molecule has 9 nitrogen and oxygen atoms in total. The molecule has 0 radical (unpaired) electrons. The first kappa shape index (κ1) is 25.7. The van der Waals surface area contributed by atoms with E-state index in [2.05, 4.69) is 5.32 Å². The molecule has 35 heavy (non-hydrogen) atoms. The van der Waals surface area contributed by atoms with Crippen LogP contribution in [0.1, 0.15) is 31.8 Å². The fourth-order valence-electron chi connectivity index (χ4n) is 3.26. The third kappa shape index (κ3) is 5.97. The lowest BCUT2D eigenvalue weighted by Crippen LogP contribution is -2.41. The van der Waals surface area contributed by atoms with E-state index in [-0.39, 0.29) is 28.3 Å². The van der Waals surface area contributed by atoms with Crippen molar-refractivity contribution in [3.8, 4) is 0 Å². The van der Waals surface area contributed by atoms with E-state index >= 15 is 0 Å². The predicted octanol–water partition coefficient (Wildman–Crippen LogP) is 3.56. The highest BCUT2D eigenvalue weighted by Gasteiger charge is 2.29. The second-order valence-electron chi connectivity index (χ2n) is 7.51. The molecular formula is C24H21ClN2O7S. The van der Waals surface area contributed by atoms with Crippen molar-refractivity contribution in [3.63, 3.8) is 0 Å². The topological polar surface area (TPSA) is 141 Å². The molecule has 3 rings (SSSR count). The van der Waals surface area contributed by atoms with E-state index < -0.39 is 34.4 Å². The number of aromatic carboxylic acids is 2. The summed E-state index contributed by atoms with van der Waals surface area (Å²) in [7, 11) is -4.29. The molecular weight excluding hydrogens is 496 g/mol. The van der Waals surface area contributed by atoms with Gasteiger partial charge in [-0.1, -0.05) is 29.8 Å². The van der Waals surface area contributed by atoms with E-state index in [4.69, 9.17) is 21.8 Å². The Labute approximate surface area is 206 Å². The fourth-order valence-corrected chi connectivity index (χ4v) is 4.91. The third-order valence-corrected chi connectivity index (χ3v) is 7.33. The highest BCUT2D eigenvalue weighted by Crippen LogP contribution is 2.31. The fraction of sp³-hybridized carbons (Fsp3) is 0.125. The number of nitrogens with zero attached hydrogens (tertiary/aromatic N) is 1. The van der Waals surface area contributed by atoms with Crippen molar-refractivity contribution in [1.82, 2.24) is 5.32 Å². The van der Waals surface area contributed by atoms with Gasteiger partial charge in [-0.2, -0.15) is 0 Å². The molecule has 0 heterocycles. The van der Waals surface area contributed by atoms with Crippen molar-refractivity contribution in [2.45, 2.75) is 18.4 Å². The van der Waals surface area contributed by atoms with Gasteiger partial charge in [-0.25, -0.2) is 18.0 Å². The maximum Gasteiger partial charge on any atom is 0.335 e. The summed E-state index contributed by atoms with van der Waals surface area (Å²) in [5.74, 6) is -2.96. The number of hydrogen-bond acceptors (Lipinski definition) is 5. The summed E-state index contributed by atoms with van der Waals surface area (Å²) in [6.45, 7) is 1.00. The van der Waals surface area contributed by atoms with Crippen LogP contribution in [0.2, 0.25) is 5.02 Å². The molecule has 0 unspecified atom stereocenters. The summed E-state index contributed by atoms with van der Waals surface area (Å²) in [5, 5.41) is 21.1. The van der Waals surface area contributed by atoms with Gasteiger partial charge in [0.05, 0.1) is 21.7 Å². The molecule has 0 saturated heterocycles. The zero-order valence-corrected chi connectivity index (χ0v) is 20.0. The van der Waals surface area contributed by atoms with Crippen LogP contribution in [-0.4, -0.2) is 43.0 Å². The zero-order chi connectivity index (χ0) is 25.8. The number of carboxylic acids is 2. The Kier molecular flexibility index (Phi) is 7.78. The van der Waals surface area contributed by atoms with Crippen LogP contribution in [0, 0.1) is 6.92 Å². The van der Waals surface area contributed by atoms with Crippen molar-refractivity contribution < 1.29 is 33.0 Å². The summed E-state index contributed by atoms with van der Waals surface area (Å²) >= 11 is 6.19. The van der Waals surface area contributed by atoms with Crippen molar-refractivity contribution >= 4 is 45.2 Å². The average molecular weight is 517 g/mol. The minimum atomic E-state index is -4.29. The van der Waals surface area contributed by atoms with Crippen LogP contribution in [-0.2, 0) is 21.4 Å². The monoisotopic (exact) mass is 516 g/mol. The normalized spacial score (nSPS) is 11.0. The van der Waals surface area contributed by atoms with E-state index in [0.29, 0.717) is 16.1 Å². The lowest BCUT2D eigenvalue weighted by Gasteiger charge is -2.26. The highest BCUT2D eigenvalue weighted by molar-refractivity contribution is 7.92. The number of nitrogens with one attached hydrogen (secondary N) is 1. The van der Waals surface area contributed by atoms with Crippen molar-refractivity contribution in [1.29, 1.82) is 0 Å². The van der Waals surface area contributed by atoms with Gasteiger partial charge in [0.25, 0.3) is 10.0 Å². The van der Waals surface area contributed by atoms with Gasteiger partial charge in [0.2, 0.25) is 5.91 Å². The summed E-state index contributed by atoms with van der Waals surface area (Å²) in [6.07, 6.45) is 0. The molecule has 0 aliphatic carbocycles. The summed E-state index contributed by atoms with van der Waals surface area (Å²) in [6, 6.07) is 15.3. The Balaban J connectivity index is 1.91. The second kappa shape index (κ2) is 10.6. The Morgan fingerprint density at radius 3 is 2.17 bits per heavy atom. The Hall–Kier alpha value is -3.89. The highest BCUT2D eigenvalue weighted by atomic mass is 35.5. The van der Waals surface area contributed by atoms with Gasteiger partial charge in [-0.05, 0) is 66.6 Å². The standard InChI is InChI=1S/C24H21ClN2O7S/c1-15-20(25)6-3-7-21(15)27(35(33,34)19-10-8-17(9-11-19)23(29)30)14-22(28)26-13-16-4-2-5-18(12-16)24(31)32/h2-12H,13-14H2,1H3,(H,26,28)(H,29,30)(H,31,32). The summed E-state index contributed by atoms with van der Waals surface area (Å²) in [4.78, 5) is 34.9. The van der Waals surface area contributed by atoms with Crippen LogP contribution < -0.4 is 9.62 Å². The van der Waals surface area contributed by atoms with Gasteiger partial charge in [0.1, 0.15) is 6.54 Å². The van der Waals surface area contributed by atoms with Crippen LogP contribution in [0.4, 0.5) is 5.69 Å². The van der Waals surface area contributed by atoms with Crippen LogP contribution in [0.25, 0.3) is 0 Å². The average Bonchev–Trinajstić information content (AvgIpc) is 2.83. The minimum Gasteiger partial charge on any atom is -0.478 e. The number of carbonyl (C=O) groups excluding carboxylic acids is 1. The van der Waals surface area contributed by atoms with Crippen LogP contribution in [0.5, 0.6) is 0 Å². The molecule has 1 amide bonds. The van der Waals surface area contributed by atoms with Gasteiger partial charge in [-0.15, -0.1) is 0 Å². The Morgan fingerprint density at radius 2 is 1.54 bits per heavy atom. The molecule has 3 aromatic carbocycles. The molecule has 0 bridgehead atoms. The van der Waals surface area contributed by atoms with Crippen molar-refractivity contribution in [2.24, 2.45) is 0 Å². The molecule has 0 fully saturated rings. The lowest BCUT2D eigenvalue weighted by atomic mass is 10.1. The number of halogens is 1. The lowest BCUT2D eigenvalue weighted by molar-refractivity contribution is -0.119. The molecule has 3 N–H and O–H groups in total. The first-order valence-electron chi connectivity index (χ1n) is 10.2. The predicted molar refractivity (Wildman–Crippen MR) is 129 cm³/mol. The number of sulfonamides is 1. The number of amides is 1. The Morgan fingerprint density at radius 1 is 0.914 bits per heavy atom. The molecule has 0 aliphatic heterocycles. The molecule has 0 atom stereocenters. The zero-order valence-electron chi connectivity index (χ0n) is 18.4. The van der Waals surface area contributed by atoms with Crippen LogP contribution in [0.3, 0.4) is 0 Å². The quantitative estimate of drug-likeness (QED) is 0.395. The van der Waals surface area contributed by atoms with Crippen molar-refractivity contribution in [2.75, 3.05) is 10.8 Å². The van der Waals surface area contributed by atoms with Gasteiger partial charge in [0.15, 0.2) is 0 Å². The van der Waals surface area contributed by atoms with E-state index in [1.165, 1.54) is 24.3 Å². The number of carboxylic acid groups (broad SMARTS) is 2. The molecule has 11 heteroatoms. The van der Waals surface area contributed by atoms with E-state index in [1.54, 1.807) is 25.1 Å². The number of carbonyl (C=O) groups is 3. The first-order chi connectivity index (χ1) is 16.5. The molecule has 0 spiro atoms. The minimum absolute atomic E-state index is 0.0182. The third-order valence-electron chi connectivity index (χ3n) is 5.15. The molecule has 182 valence electrons. The van der Waals surface area contributed by atoms with Gasteiger partial charge in [-0.3, -0.25) is 9.10 Å². The largest absolute Gasteiger partial charge is 0.478 e. The molecule has 0 aromatic heterocycles. The van der Waals surface area contributed by atoms with Crippen LogP contribution in [0.15, 0.2) is 71.6 Å². The maximum atomic E-state index is 13.5. The number of rotatable bonds is 9. The van der Waals surface area contributed by atoms with Crippen LogP contribution >= 0.6 is 11.6 Å². The summed E-state index contributed by atoms with van der Waals surface area (Å²) < 4.78 is 27.9. The smallest absolute Gasteiger partial charge is 0.335 e. The van der Waals surface area contributed by atoms with E-state index in [1.807, 2.05) is 0 Å². The van der Waals surface area contributed by atoms with Crippen molar-refractivity contribution in [3.05, 3.63) is 94.0 Å². The number of hydrogen-bond donors (Lipinski definition) is 3. The van der Waals surface area contributed by atoms with Gasteiger partial charge < -0.3 is 15.5 Å².